The van der Waals surface area contributed by atoms with Gasteiger partial charge in [-0.1, -0.05) is 19.8 Å². The Morgan fingerprint density at radius 1 is 1.21 bits per heavy atom. The van der Waals surface area contributed by atoms with E-state index in [4.69, 9.17) is 4.74 Å². The number of amides is 1. The maximum absolute atomic E-state index is 12.8. The molecular weight excluding hydrogens is 238 g/mol. The van der Waals surface area contributed by atoms with E-state index in [0.29, 0.717) is 11.8 Å². The van der Waals surface area contributed by atoms with Crippen LogP contribution in [0.1, 0.15) is 32.6 Å². The van der Waals surface area contributed by atoms with Gasteiger partial charge >= 0.3 is 0 Å². The second-order valence-electron chi connectivity index (χ2n) is 5.88. The molecular formula is C16H21NO2. The summed E-state index contributed by atoms with van der Waals surface area (Å²) in [5, 5.41) is 0. The smallest absolute Gasteiger partial charge is 0.233 e. The molecule has 0 aromatic heterocycles. The van der Waals surface area contributed by atoms with E-state index in [1.807, 2.05) is 29.2 Å². The Hall–Kier alpha value is -1.51. The zero-order valence-corrected chi connectivity index (χ0v) is 11.7. The number of ether oxygens (including phenoxy) is 1. The largest absolute Gasteiger partial charge is 0.497 e. The van der Waals surface area contributed by atoms with Crippen molar-refractivity contribution in [3.8, 4) is 5.75 Å². The van der Waals surface area contributed by atoms with Crippen LogP contribution in [0.25, 0.3) is 0 Å². The van der Waals surface area contributed by atoms with Crippen LogP contribution in [-0.4, -0.2) is 19.6 Å². The average molecular weight is 259 g/mol. The van der Waals surface area contributed by atoms with E-state index in [2.05, 4.69) is 6.92 Å². The molecule has 1 amide bonds. The molecule has 19 heavy (non-hydrogen) atoms. The topological polar surface area (TPSA) is 29.5 Å². The van der Waals surface area contributed by atoms with Gasteiger partial charge in [-0.05, 0) is 43.0 Å². The molecule has 1 saturated heterocycles. The summed E-state index contributed by atoms with van der Waals surface area (Å²) in [4.78, 5) is 14.8. The summed E-state index contributed by atoms with van der Waals surface area (Å²) in [6, 6.07) is 7.81. The Morgan fingerprint density at radius 3 is 2.42 bits per heavy atom. The molecule has 1 aliphatic carbocycles. The van der Waals surface area contributed by atoms with Crippen LogP contribution in [0.2, 0.25) is 0 Å². The molecule has 0 bridgehead atoms. The molecule has 3 heteroatoms. The highest BCUT2D eigenvalue weighted by molar-refractivity contribution is 6.00. The van der Waals surface area contributed by atoms with Crippen molar-refractivity contribution in [2.75, 3.05) is 18.6 Å². The quantitative estimate of drug-likeness (QED) is 0.816. The minimum Gasteiger partial charge on any atom is -0.497 e. The predicted octanol–water partition coefficient (Wildman–Crippen LogP) is 3.24. The van der Waals surface area contributed by atoms with Gasteiger partial charge in [0.05, 0.1) is 12.5 Å². The Morgan fingerprint density at radius 2 is 1.84 bits per heavy atom. The second kappa shape index (κ2) is 4.55. The molecule has 2 fully saturated rings. The summed E-state index contributed by atoms with van der Waals surface area (Å²) in [6.07, 6.45) is 4.54. The molecule has 2 aliphatic rings. The van der Waals surface area contributed by atoms with Gasteiger partial charge in [-0.15, -0.1) is 0 Å². The van der Waals surface area contributed by atoms with Crippen LogP contribution in [0.4, 0.5) is 5.69 Å². The summed E-state index contributed by atoms with van der Waals surface area (Å²) < 4.78 is 5.17. The van der Waals surface area contributed by atoms with Gasteiger partial charge in [0, 0.05) is 12.2 Å². The van der Waals surface area contributed by atoms with Crippen LogP contribution < -0.4 is 9.64 Å². The molecule has 3 nitrogen and oxygen atoms in total. The first-order chi connectivity index (χ1) is 9.17. The van der Waals surface area contributed by atoms with E-state index in [9.17, 15) is 4.79 Å². The maximum atomic E-state index is 12.8. The van der Waals surface area contributed by atoms with Crippen LogP contribution in [-0.2, 0) is 4.79 Å². The highest BCUT2D eigenvalue weighted by Gasteiger charge is 2.53. The minimum atomic E-state index is -0.0695. The number of hydrogen-bond donors (Lipinski definition) is 0. The molecule has 0 radical (unpaired) electrons. The summed E-state index contributed by atoms with van der Waals surface area (Å²) in [7, 11) is 1.66. The molecule has 1 atom stereocenters. The highest BCUT2D eigenvalue weighted by Crippen LogP contribution is 2.50. The fourth-order valence-electron chi connectivity index (χ4n) is 3.71. The van der Waals surface area contributed by atoms with Crippen LogP contribution in [0, 0.1) is 11.3 Å². The number of nitrogens with zero attached hydrogens (tertiary/aromatic N) is 1. The lowest BCUT2D eigenvalue weighted by Crippen LogP contribution is -2.33. The van der Waals surface area contributed by atoms with Crippen LogP contribution in [0.3, 0.4) is 0 Å². The van der Waals surface area contributed by atoms with E-state index < -0.39 is 0 Å². The lowest BCUT2D eigenvalue weighted by atomic mass is 9.77. The molecule has 1 saturated carbocycles. The molecule has 1 aromatic carbocycles. The Kier molecular flexibility index (Phi) is 3.00. The number of hydrogen-bond acceptors (Lipinski definition) is 2. The first-order valence-corrected chi connectivity index (χ1v) is 7.13. The summed E-state index contributed by atoms with van der Waals surface area (Å²) in [5.74, 6) is 1.63. The van der Waals surface area contributed by atoms with Gasteiger partial charge in [-0.2, -0.15) is 0 Å². The highest BCUT2D eigenvalue weighted by atomic mass is 16.5. The van der Waals surface area contributed by atoms with Crippen molar-refractivity contribution in [3.63, 3.8) is 0 Å². The molecule has 1 aromatic rings. The van der Waals surface area contributed by atoms with E-state index in [0.717, 1.165) is 30.8 Å². The van der Waals surface area contributed by atoms with Gasteiger partial charge in [0.1, 0.15) is 5.75 Å². The Balaban J connectivity index is 1.88. The Bertz CT molecular complexity index is 474. The van der Waals surface area contributed by atoms with Crippen LogP contribution in [0.5, 0.6) is 5.75 Å². The lowest BCUT2D eigenvalue weighted by molar-refractivity contribution is -0.126. The van der Waals surface area contributed by atoms with E-state index >= 15 is 0 Å². The summed E-state index contributed by atoms with van der Waals surface area (Å²) in [5.41, 5.74) is 0.932. The maximum Gasteiger partial charge on any atom is 0.233 e. The number of carbonyl (C=O) groups is 1. The van der Waals surface area contributed by atoms with Crippen molar-refractivity contribution >= 4 is 11.6 Å². The van der Waals surface area contributed by atoms with Gasteiger partial charge in [-0.25, -0.2) is 0 Å². The summed E-state index contributed by atoms with van der Waals surface area (Å²) in [6.45, 7) is 3.08. The first kappa shape index (κ1) is 12.5. The van der Waals surface area contributed by atoms with Crippen LogP contribution >= 0.6 is 0 Å². The molecule has 1 aliphatic heterocycles. The molecule has 3 rings (SSSR count). The third-order valence-electron chi connectivity index (χ3n) is 4.95. The number of benzene rings is 1. The Labute approximate surface area is 114 Å². The zero-order valence-electron chi connectivity index (χ0n) is 11.7. The third kappa shape index (κ3) is 1.83. The number of rotatable bonds is 2. The monoisotopic (exact) mass is 259 g/mol. The van der Waals surface area contributed by atoms with Crippen molar-refractivity contribution < 1.29 is 9.53 Å². The standard InChI is InChI=1S/C16H21NO2/c1-12-11-17(13-5-7-14(19-2)8-6-13)15(18)16(12)9-3-4-10-16/h5-8,12H,3-4,9-11H2,1-2H3. The van der Waals surface area contributed by atoms with Gasteiger partial charge in [0.2, 0.25) is 5.91 Å². The van der Waals surface area contributed by atoms with Gasteiger partial charge in [0.15, 0.2) is 0 Å². The molecule has 1 spiro atoms. The average Bonchev–Trinajstić information content (AvgIpc) is 3.02. The third-order valence-corrected chi connectivity index (χ3v) is 4.95. The van der Waals surface area contributed by atoms with Gasteiger partial charge < -0.3 is 9.64 Å². The number of methoxy groups -OCH3 is 1. The van der Waals surface area contributed by atoms with E-state index in [1.165, 1.54) is 12.8 Å². The predicted molar refractivity (Wildman–Crippen MR) is 75.4 cm³/mol. The van der Waals surface area contributed by atoms with Gasteiger partial charge in [0.25, 0.3) is 0 Å². The van der Waals surface area contributed by atoms with Crippen LogP contribution in [0.15, 0.2) is 24.3 Å². The van der Waals surface area contributed by atoms with Crippen molar-refractivity contribution in [2.24, 2.45) is 11.3 Å². The fourth-order valence-corrected chi connectivity index (χ4v) is 3.71. The normalized spacial score (nSPS) is 25.3. The molecule has 1 unspecified atom stereocenters. The van der Waals surface area contributed by atoms with Crippen molar-refractivity contribution in [2.45, 2.75) is 32.6 Å². The lowest BCUT2D eigenvalue weighted by Gasteiger charge is -2.25. The molecule has 0 N–H and O–H groups in total. The number of carbonyl (C=O) groups excluding carboxylic acids is 1. The van der Waals surface area contributed by atoms with E-state index in [1.54, 1.807) is 7.11 Å². The van der Waals surface area contributed by atoms with Crippen molar-refractivity contribution in [1.29, 1.82) is 0 Å². The molecule has 1 heterocycles. The first-order valence-electron chi connectivity index (χ1n) is 7.13. The SMILES string of the molecule is COc1ccc(N2CC(C)C3(CCCC3)C2=O)cc1. The second-order valence-corrected chi connectivity index (χ2v) is 5.88. The van der Waals surface area contributed by atoms with Crippen molar-refractivity contribution in [3.05, 3.63) is 24.3 Å². The fraction of sp³-hybridized carbons (Fsp3) is 0.562. The summed E-state index contributed by atoms with van der Waals surface area (Å²) >= 11 is 0. The van der Waals surface area contributed by atoms with Gasteiger partial charge in [-0.3, -0.25) is 4.79 Å². The van der Waals surface area contributed by atoms with Crippen molar-refractivity contribution in [1.82, 2.24) is 0 Å². The molecule has 102 valence electrons. The zero-order chi connectivity index (χ0) is 13.5. The number of anilines is 1. The minimum absolute atomic E-state index is 0.0695. The van der Waals surface area contributed by atoms with E-state index in [-0.39, 0.29) is 5.41 Å².